The molecular formula is C13H12ClNO2. The third kappa shape index (κ3) is 3.57. The van der Waals surface area contributed by atoms with Crippen molar-refractivity contribution in [3.05, 3.63) is 60.4 Å². The van der Waals surface area contributed by atoms with Crippen molar-refractivity contribution in [2.45, 2.75) is 6.92 Å². The van der Waals surface area contributed by atoms with E-state index in [9.17, 15) is 4.79 Å². The molecule has 0 saturated heterocycles. The number of aryl methyl sites for hydroxylation is 1. The van der Waals surface area contributed by atoms with Crippen molar-refractivity contribution in [2.24, 2.45) is 0 Å². The number of nitrogens with zero attached hydrogens (tertiary/aromatic N) is 1. The van der Waals surface area contributed by atoms with Crippen LogP contribution in [-0.2, 0) is 0 Å². The highest BCUT2D eigenvalue weighted by Crippen LogP contribution is 2.07. The Balaban J connectivity index is 0.00000144. The van der Waals surface area contributed by atoms with Gasteiger partial charge >= 0.3 is 6.09 Å². The van der Waals surface area contributed by atoms with E-state index in [2.05, 4.69) is 0 Å². The van der Waals surface area contributed by atoms with E-state index in [-0.39, 0.29) is 12.4 Å². The summed E-state index contributed by atoms with van der Waals surface area (Å²) in [5.41, 5.74) is 1.10. The van der Waals surface area contributed by atoms with Crippen molar-refractivity contribution >= 4 is 6.09 Å². The van der Waals surface area contributed by atoms with Crippen LogP contribution in [0.3, 0.4) is 0 Å². The minimum Gasteiger partial charge on any atom is -1.00 e. The van der Waals surface area contributed by atoms with Gasteiger partial charge in [-0.1, -0.05) is 22.8 Å². The van der Waals surface area contributed by atoms with Crippen LogP contribution in [-0.4, -0.2) is 6.09 Å². The summed E-state index contributed by atoms with van der Waals surface area (Å²) in [6.07, 6.45) is 2.95. The normalized spacial score (nSPS) is 9.24. The average Bonchev–Trinajstić information content (AvgIpc) is 2.31. The smallest absolute Gasteiger partial charge is 0.607 e. The topological polar surface area (TPSA) is 30.2 Å². The summed E-state index contributed by atoms with van der Waals surface area (Å²) in [7, 11) is 0. The largest absolute Gasteiger partial charge is 1.00 e. The molecule has 2 rings (SSSR count). The molecule has 0 aliphatic rings. The molecule has 0 amide bonds. The maximum Gasteiger partial charge on any atom is 0.607 e. The Morgan fingerprint density at radius 2 is 1.65 bits per heavy atom. The molecular weight excluding hydrogens is 238 g/mol. The Hall–Kier alpha value is -1.87. The average molecular weight is 250 g/mol. The van der Waals surface area contributed by atoms with Crippen molar-refractivity contribution in [3.63, 3.8) is 0 Å². The second-order valence-electron chi connectivity index (χ2n) is 3.46. The highest BCUT2D eigenvalue weighted by Gasteiger charge is 2.16. The number of halogens is 1. The van der Waals surface area contributed by atoms with E-state index in [1.807, 2.05) is 37.3 Å². The molecule has 1 aromatic carbocycles. The van der Waals surface area contributed by atoms with Crippen LogP contribution in [0.15, 0.2) is 54.9 Å². The summed E-state index contributed by atoms with van der Waals surface area (Å²) in [5.74, 6) is 0.542. The van der Waals surface area contributed by atoms with E-state index in [0.29, 0.717) is 5.75 Å². The molecule has 0 aliphatic carbocycles. The van der Waals surface area contributed by atoms with Gasteiger partial charge < -0.3 is 17.1 Å². The van der Waals surface area contributed by atoms with Crippen LogP contribution in [0.2, 0.25) is 0 Å². The highest BCUT2D eigenvalue weighted by molar-refractivity contribution is 5.60. The van der Waals surface area contributed by atoms with Crippen LogP contribution in [0.25, 0.3) is 0 Å². The molecule has 1 heterocycles. The Kier molecular flexibility index (Phi) is 4.67. The quantitative estimate of drug-likeness (QED) is 0.628. The van der Waals surface area contributed by atoms with Gasteiger partial charge in [0.05, 0.1) is 0 Å². The highest BCUT2D eigenvalue weighted by atomic mass is 35.5. The molecule has 3 nitrogen and oxygen atoms in total. The lowest BCUT2D eigenvalue weighted by Gasteiger charge is -1.98. The molecule has 1 aromatic heterocycles. The fourth-order valence-corrected chi connectivity index (χ4v) is 1.26. The summed E-state index contributed by atoms with van der Waals surface area (Å²) in [6.45, 7) is 1.97. The van der Waals surface area contributed by atoms with Gasteiger partial charge in [0.25, 0.3) is 0 Å². The number of aromatic nitrogens is 1. The van der Waals surface area contributed by atoms with Gasteiger partial charge in [-0.2, -0.15) is 4.79 Å². The van der Waals surface area contributed by atoms with Crippen molar-refractivity contribution in [2.75, 3.05) is 0 Å². The number of carbonyl (C=O) groups excluding carboxylic acids is 1. The van der Waals surface area contributed by atoms with Crippen LogP contribution < -0.4 is 21.7 Å². The SMILES string of the molecule is Cc1cc[n+](C(=O)Oc2ccccc2)cc1.[Cl-]. The predicted molar refractivity (Wildman–Crippen MR) is 59.2 cm³/mol. The minimum atomic E-state index is -0.411. The lowest BCUT2D eigenvalue weighted by molar-refractivity contribution is -0.582. The van der Waals surface area contributed by atoms with Crippen LogP contribution in [0.5, 0.6) is 5.75 Å². The first kappa shape index (κ1) is 13.2. The van der Waals surface area contributed by atoms with Crippen LogP contribution >= 0.6 is 0 Å². The lowest BCUT2D eigenvalue weighted by Crippen LogP contribution is -3.00. The molecule has 0 aliphatic heterocycles. The zero-order chi connectivity index (χ0) is 11.4. The number of carbonyl (C=O) groups is 1. The molecule has 4 heteroatoms. The summed E-state index contributed by atoms with van der Waals surface area (Å²) >= 11 is 0. The molecule has 0 fully saturated rings. The summed E-state index contributed by atoms with van der Waals surface area (Å²) in [5, 5.41) is 0. The number of pyridine rings is 1. The van der Waals surface area contributed by atoms with E-state index in [1.165, 1.54) is 4.57 Å². The number of hydrogen-bond acceptors (Lipinski definition) is 2. The summed E-state index contributed by atoms with van der Waals surface area (Å²) < 4.78 is 6.57. The van der Waals surface area contributed by atoms with Crippen LogP contribution in [0.4, 0.5) is 4.79 Å². The van der Waals surface area contributed by atoms with Crippen molar-refractivity contribution < 1.29 is 26.5 Å². The predicted octanol–water partition coefficient (Wildman–Crippen LogP) is -0.666. The fourth-order valence-electron chi connectivity index (χ4n) is 1.26. The van der Waals surface area contributed by atoms with Gasteiger partial charge in [0, 0.05) is 12.1 Å². The first-order valence-electron chi connectivity index (χ1n) is 5.01. The van der Waals surface area contributed by atoms with Crippen LogP contribution in [0, 0.1) is 6.92 Å². The first-order chi connectivity index (χ1) is 7.75. The second-order valence-corrected chi connectivity index (χ2v) is 3.46. The maximum absolute atomic E-state index is 11.7. The van der Waals surface area contributed by atoms with Crippen molar-refractivity contribution in [1.82, 2.24) is 0 Å². The molecule has 0 N–H and O–H groups in total. The molecule has 0 atom stereocenters. The minimum absolute atomic E-state index is 0. The van der Waals surface area contributed by atoms with Gasteiger partial charge in [0.1, 0.15) is 5.75 Å². The fraction of sp³-hybridized carbons (Fsp3) is 0.0769. The zero-order valence-electron chi connectivity index (χ0n) is 9.34. The summed E-state index contributed by atoms with van der Waals surface area (Å²) in [6, 6.07) is 12.7. The number of para-hydroxylation sites is 1. The van der Waals surface area contributed by atoms with E-state index < -0.39 is 6.09 Å². The number of benzene rings is 1. The van der Waals surface area contributed by atoms with E-state index in [0.717, 1.165) is 5.56 Å². The Morgan fingerprint density at radius 3 is 2.24 bits per heavy atom. The maximum atomic E-state index is 11.7. The number of hydrogen-bond donors (Lipinski definition) is 0. The standard InChI is InChI=1S/C13H12NO2.ClH/c1-11-7-9-14(10-8-11)13(15)16-12-5-3-2-4-6-12;/h2-10H,1H3;1H/q+1;/p-1. The molecule has 88 valence electrons. The van der Waals surface area contributed by atoms with Gasteiger partial charge in [-0.05, 0) is 24.6 Å². The van der Waals surface area contributed by atoms with Gasteiger partial charge in [0.2, 0.25) is 0 Å². The first-order valence-corrected chi connectivity index (χ1v) is 5.01. The molecule has 0 spiro atoms. The van der Waals surface area contributed by atoms with Crippen LogP contribution in [0.1, 0.15) is 5.56 Å². The Labute approximate surface area is 106 Å². The third-order valence-electron chi connectivity index (χ3n) is 2.16. The lowest BCUT2D eigenvalue weighted by atomic mass is 10.3. The zero-order valence-corrected chi connectivity index (χ0v) is 10.1. The van der Waals surface area contributed by atoms with Crippen molar-refractivity contribution in [1.29, 1.82) is 0 Å². The molecule has 17 heavy (non-hydrogen) atoms. The van der Waals surface area contributed by atoms with E-state index in [4.69, 9.17) is 4.74 Å². The van der Waals surface area contributed by atoms with Gasteiger partial charge in [-0.15, -0.1) is 0 Å². The summed E-state index contributed by atoms with van der Waals surface area (Å²) in [4.78, 5) is 11.7. The van der Waals surface area contributed by atoms with E-state index >= 15 is 0 Å². The molecule has 2 aromatic rings. The number of ether oxygens (including phenoxy) is 1. The molecule has 0 radical (unpaired) electrons. The third-order valence-corrected chi connectivity index (χ3v) is 2.16. The number of rotatable bonds is 1. The molecule has 0 unspecified atom stereocenters. The van der Waals surface area contributed by atoms with E-state index in [1.54, 1.807) is 24.5 Å². The second kappa shape index (κ2) is 6.01. The molecule has 0 bridgehead atoms. The Bertz CT molecular complexity index is 483. The van der Waals surface area contributed by atoms with Gasteiger partial charge in [0.15, 0.2) is 12.4 Å². The Morgan fingerprint density at radius 1 is 1.06 bits per heavy atom. The molecule has 0 saturated carbocycles. The van der Waals surface area contributed by atoms with Gasteiger partial charge in [-0.3, -0.25) is 0 Å². The van der Waals surface area contributed by atoms with Gasteiger partial charge in [-0.25, -0.2) is 0 Å². The monoisotopic (exact) mass is 249 g/mol. The van der Waals surface area contributed by atoms with Crippen molar-refractivity contribution in [3.8, 4) is 5.75 Å².